The van der Waals surface area contributed by atoms with Crippen molar-refractivity contribution in [2.75, 3.05) is 0 Å². The van der Waals surface area contributed by atoms with Gasteiger partial charge in [0.2, 0.25) is 10.0 Å². The highest BCUT2D eigenvalue weighted by Gasteiger charge is 2.26. The van der Waals surface area contributed by atoms with E-state index < -0.39 is 20.6 Å². The normalized spacial score (nSPS) is 13.2. The van der Waals surface area contributed by atoms with Gasteiger partial charge in [0.25, 0.3) is 5.69 Å². The van der Waals surface area contributed by atoms with E-state index in [0.717, 1.165) is 12.8 Å². The Morgan fingerprint density at radius 2 is 2.00 bits per heavy atom. The van der Waals surface area contributed by atoms with E-state index in [-0.39, 0.29) is 10.9 Å². The fourth-order valence-corrected chi connectivity index (χ4v) is 3.18. The molecule has 1 aromatic rings. The standard InChI is InChI=1S/C12H18N2O4S/c1-3-4-7-10(2)13-19(17,18)12-9-6-5-8-11(12)14(15)16/h5-6,8-10,13H,3-4,7H2,1-2H3. The van der Waals surface area contributed by atoms with Gasteiger partial charge in [0.1, 0.15) is 0 Å². The zero-order valence-corrected chi connectivity index (χ0v) is 11.8. The van der Waals surface area contributed by atoms with Crippen LogP contribution in [0, 0.1) is 10.1 Å². The average molecular weight is 286 g/mol. The van der Waals surface area contributed by atoms with Gasteiger partial charge in [0, 0.05) is 12.1 Å². The van der Waals surface area contributed by atoms with Crippen LogP contribution < -0.4 is 4.72 Å². The number of nitrogens with zero attached hydrogens (tertiary/aromatic N) is 1. The Morgan fingerprint density at radius 1 is 1.37 bits per heavy atom. The Morgan fingerprint density at radius 3 is 2.58 bits per heavy atom. The molecule has 0 aromatic heterocycles. The number of unbranched alkanes of at least 4 members (excludes halogenated alkanes) is 1. The minimum Gasteiger partial charge on any atom is -0.258 e. The van der Waals surface area contributed by atoms with E-state index in [9.17, 15) is 18.5 Å². The van der Waals surface area contributed by atoms with Gasteiger partial charge in [-0.25, -0.2) is 13.1 Å². The van der Waals surface area contributed by atoms with Crippen LogP contribution >= 0.6 is 0 Å². The number of rotatable bonds is 7. The molecular formula is C12H18N2O4S. The maximum absolute atomic E-state index is 12.1. The van der Waals surface area contributed by atoms with Gasteiger partial charge in [0.05, 0.1) is 4.92 Å². The first-order valence-electron chi connectivity index (χ1n) is 6.14. The van der Waals surface area contributed by atoms with Crippen LogP contribution in [-0.4, -0.2) is 19.4 Å². The summed E-state index contributed by atoms with van der Waals surface area (Å²) >= 11 is 0. The molecule has 0 bridgehead atoms. The first-order chi connectivity index (χ1) is 8.88. The lowest BCUT2D eigenvalue weighted by atomic mass is 10.2. The first-order valence-corrected chi connectivity index (χ1v) is 7.62. The van der Waals surface area contributed by atoms with Crippen molar-refractivity contribution in [2.45, 2.75) is 44.0 Å². The SMILES string of the molecule is CCCCC(C)NS(=O)(=O)c1ccccc1[N+](=O)[O-]. The summed E-state index contributed by atoms with van der Waals surface area (Å²) in [4.78, 5) is 9.86. The van der Waals surface area contributed by atoms with Crippen LogP contribution in [-0.2, 0) is 10.0 Å². The zero-order valence-electron chi connectivity index (χ0n) is 11.0. The fourth-order valence-electron chi connectivity index (χ4n) is 1.73. The van der Waals surface area contributed by atoms with E-state index in [1.54, 1.807) is 6.92 Å². The second kappa shape index (κ2) is 6.63. The summed E-state index contributed by atoms with van der Waals surface area (Å²) in [5, 5.41) is 10.8. The van der Waals surface area contributed by atoms with Crippen LogP contribution in [0.2, 0.25) is 0 Å². The van der Waals surface area contributed by atoms with Gasteiger partial charge in [-0.1, -0.05) is 31.9 Å². The van der Waals surface area contributed by atoms with Crippen LogP contribution in [0.25, 0.3) is 0 Å². The number of nitrogens with one attached hydrogen (secondary N) is 1. The van der Waals surface area contributed by atoms with E-state index in [4.69, 9.17) is 0 Å². The number of sulfonamides is 1. The molecule has 0 heterocycles. The van der Waals surface area contributed by atoms with Crippen LogP contribution in [0.3, 0.4) is 0 Å². The van der Waals surface area contributed by atoms with Gasteiger partial charge in [-0.05, 0) is 19.4 Å². The highest BCUT2D eigenvalue weighted by Crippen LogP contribution is 2.23. The highest BCUT2D eigenvalue weighted by atomic mass is 32.2. The van der Waals surface area contributed by atoms with Crippen molar-refractivity contribution in [3.8, 4) is 0 Å². The van der Waals surface area contributed by atoms with Gasteiger partial charge in [-0.15, -0.1) is 0 Å². The van der Waals surface area contributed by atoms with Gasteiger partial charge < -0.3 is 0 Å². The van der Waals surface area contributed by atoms with E-state index in [0.29, 0.717) is 6.42 Å². The predicted octanol–water partition coefficient (Wildman–Crippen LogP) is 2.45. The topological polar surface area (TPSA) is 89.3 Å². The van der Waals surface area contributed by atoms with Crippen LogP contribution in [0.4, 0.5) is 5.69 Å². The maximum Gasteiger partial charge on any atom is 0.289 e. The lowest BCUT2D eigenvalue weighted by molar-refractivity contribution is -0.387. The lowest BCUT2D eigenvalue weighted by Crippen LogP contribution is -2.32. The van der Waals surface area contributed by atoms with Crippen LogP contribution in [0.5, 0.6) is 0 Å². The number of nitro groups is 1. The Bertz CT molecular complexity index is 542. The van der Waals surface area contributed by atoms with Crippen molar-refractivity contribution in [1.82, 2.24) is 4.72 Å². The minimum atomic E-state index is -3.86. The third-order valence-electron chi connectivity index (χ3n) is 2.70. The smallest absolute Gasteiger partial charge is 0.258 e. The number of nitro benzene ring substituents is 1. The van der Waals surface area contributed by atoms with Gasteiger partial charge in [-0.3, -0.25) is 10.1 Å². The lowest BCUT2D eigenvalue weighted by Gasteiger charge is -2.13. The molecule has 19 heavy (non-hydrogen) atoms. The summed E-state index contributed by atoms with van der Waals surface area (Å²) < 4.78 is 26.7. The van der Waals surface area contributed by atoms with E-state index >= 15 is 0 Å². The molecule has 0 amide bonds. The van der Waals surface area contributed by atoms with Gasteiger partial charge in [-0.2, -0.15) is 0 Å². The summed E-state index contributed by atoms with van der Waals surface area (Å²) in [5.74, 6) is 0. The van der Waals surface area contributed by atoms with Gasteiger partial charge >= 0.3 is 0 Å². The molecule has 1 N–H and O–H groups in total. The molecule has 0 fully saturated rings. The quantitative estimate of drug-likeness (QED) is 0.616. The highest BCUT2D eigenvalue weighted by molar-refractivity contribution is 7.89. The minimum absolute atomic E-state index is 0.246. The van der Waals surface area contributed by atoms with Crippen molar-refractivity contribution < 1.29 is 13.3 Å². The molecule has 1 rings (SSSR count). The fraction of sp³-hybridized carbons (Fsp3) is 0.500. The molecule has 0 aliphatic heterocycles. The molecule has 1 unspecified atom stereocenters. The molecular weight excluding hydrogens is 268 g/mol. The predicted molar refractivity (Wildman–Crippen MR) is 72.4 cm³/mol. The molecule has 7 heteroatoms. The van der Waals surface area contributed by atoms with Crippen molar-refractivity contribution in [1.29, 1.82) is 0 Å². The molecule has 0 spiro atoms. The largest absolute Gasteiger partial charge is 0.289 e. The van der Waals surface area contributed by atoms with Crippen molar-refractivity contribution in [3.05, 3.63) is 34.4 Å². The zero-order chi connectivity index (χ0) is 14.5. The third kappa shape index (κ3) is 4.29. The molecule has 0 saturated heterocycles. The number of para-hydroxylation sites is 1. The Kier molecular flexibility index (Phi) is 5.44. The number of benzene rings is 1. The van der Waals surface area contributed by atoms with Crippen molar-refractivity contribution in [3.63, 3.8) is 0 Å². The Balaban J connectivity index is 2.98. The molecule has 1 atom stereocenters. The Labute approximate surface area is 113 Å². The number of hydrogen-bond acceptors (Lipinski definition) is 4. The van der Waals surface area contributed by atoms with Crippen molar-refractivity contribution in [2.24, 2.45) is 0 Å². The first kappa shape index (κ1) is 15.6. The van der Waals surface area contributed by atoms with Gasteiger partial charge in [0.15, 0.2) is 4.90 Å². The summed E-state index contributed by atoms with van der Waals surface area (Å²) in [6.07, 6.45) is 2.58. The second-order valence-electron chi connectivity index (χ2n) is 4.39. The molecule has 0 radical (unpaired) electrons. The molecule has 6 nitrogen and oxygen atoms in total. The molecule has 106 valence electrons. The molecule has 1 aromatic carbocycles. The number of hydrogen-bond donors (Lipinski definition) is 1. The van der Waals surface area contributed by atoms with Crippen LogP contribution in [0.1, 0.15) is 33.1 Å². The Hall–Kier alpha value is -1.47. The average Bonchev–Trinajstić information content (AvgIpc) is 2.35. The summed E-state index contributed by atoms with van der Waals surface area (Å²) in [5.41, 5.74) is -0.405. The summed E-state index contributed by atoms with van der Waals surface area (Å²) in [6, 6.07) is 5.10. The second-order valence-corrected chi connectivity index (χ2v) is 6.07. The monoisotopic (exact) mass is 286 g/mol. The summed E-state index contributed by atoms with van der Waals surface area (Å²) in [6.45, 7) is 3.77. The summed E-state index contributed by atoms with van der Waals surface area (Å²) in [7, 11) is -3.86. The van der Waals surface area contributed by atoms with E-state index in [1.807, 2.05) is 6.92 Å². The van der Waals surface area contributed by atoms with E-state index in [1.165, 1.54) is 24.3 Å². The van der Waals surface area contributed by atoms with Crippen molar-refractivity contribution >= 4 is 15.7 Å². The maximum atomic E-state index is 12.1. The third-order valence-corrected chi connectivity index (χ3v) is 4.34. The van der Waals surface area contributed by atoms with Crippen LogP contribution in [0.15, 0.2) is 29.2 Å². The molecule has 0 aliphatic carbocycles. The van der Waals surface area contributed by atoms with E-state index in [2.05, 4.69) is 4.72 Å². The molecule has 0 saturated carbocycles. The molecule has 0 aliphatic rings.